The predicted molar refractivity (Wildman–Crippen MR) is 48.3 cm³/mol. The number of alkyl halides is 1. The molecule has 0 saturated carbocycles. The van der Waals surface area contributed by atoms with E-state index in [0.29, 0.717) is 12.0 Å². The van der Waals surface area contributed by atoms with Crippen molar-refractivity contribution in [2.24, 2.45) is 0 Å². The van der Waals surface area contributed by atoms with Gasteiger partial charge in [0.2, 0.25) is 0 Å². The van der Waals surface area contributed by atoms with Crippen LogP contribution in [0.5, 0.6) is 0 Å². The van der Waals surface area contributed by atoms with Gasteiger partial charge in [0.05, 0.1) is 10.4 Å². The average molecular weight is 205 g/mol. The van der Waals surface area contributed by atoms with E-state index in [2.05, 4.69) is 0 Å². The van der Waals surface area contributed by atoms with E-state index in [1.807, 2.05) is 6.07 Å². The Morgan fingerprint density at radius 1 is 1.42 bits per heavy atom. The lowest BCUT2D eigenvalue weighted by Crippen LogP contribution is -1.89. The van der Waals surface area contributed by atoms with Crippen molar-refractivity contribution in [3.05, 3.63) is 34.1 Å². The molecular weight excluding hydrogens is 198 g/mol. The topological polar surface area (TPSA) is 0 Å². The van der Waals surface area contributed by atoms with Gasteiger partial charge in [-0.25, -0.2) is 4.39 Å². The second kappa shape index (κ2) is 2.90. The van der Waals surface area contributed by atoms with Gasteiger partial charge in [0.1, 0.15) is 5.82 Å². The molecule has 0 N–H and O–H groups in total. The monoisotopic (exact) mass is 204 g/mol. The molecule has 0 radical (unpaired) electrons. The Balaban J connectivity index is 2.60. The normalized spacial score (nSPS) is 21.1. The molecule has 1 aliphatic rings. The van der Waals surface area contributed by atoms with Gasteiger partial charge in [0.15, 0.2) is 0 Å². The minimum absolute atomic E-state index is 0.0354. The lowest BCUT2D eigenvalue weighted by atomic mass is 10.1. The van der Waals surface area contributed by atoms with Gasteiger partial charge in [0.25, 0.3) is 0 Å². The van der Waals surface area contributed by atoms with Gasteiger partial charge < -0.3 is 0 Å². The van der Waals surface area contributed by atoms with Crippen LogP contribution in [0.4, 0.5) is 4.39 Å². The highest BCUT2D eigenvalue weighted by atomic mass is 35.5. The van der Waals surface area contributed by atoms with Crippen LogP contribution < -0.4 is 0 Å². The second-order valence-electron chi connectivity index (χ2n) is 2.94. The highest BCUT2D eigenvalue weighted by Crippen LogP contribution is 2.38. The molecule has 0 spiro atoms. The zero-order valence-electron chi connectivity index (χ0n) is 6.28. The molecule has 2 rings (SSSR count). The summed E-state index contributed by atoms with van der Waals surface area (Å²) in [7, 11) is 0. The van der Waals surface area contributed by atoms with Crippen LogP contribution in [0.3, 0.4) is 0 Å². The van der Waals surface area contributed by atoms with Gasteiger partial charge >= 0.3 is 0 Å². The van der Waals surface area contributed by atoms with Gasteiger partial charge in [-0.1, -0.05) is 17.7 Å². The maximum absolute atomic E-state index is 13.3. The van der Waals surface area contributed by atoms with Gasteiger partial charge in [0, 0.05) is 0 Å². The molecular formula is C9H7Cl2F. The molecule has 0 heterocycles. The number of fused-ring (bicyclic) bond motifs is 1. The lowest BCUT2D eigenvalue weighted by Gasteiger charge is -2.03. The van der Waals surface area contributed by atoms with Gasteiger partial charge in [-0.3, -0.25) is 0 Å². The lowest BCUT2D eigenvalue weighted by molar-refractivity contribution is 0.613. The Kier molecular flexibility index (Phi) is 2.01. The first-order chi connectivity index (χ1) is 5.70. The molecule has 0 nitrogen and oxygen atoms in total. The van der Waals surface area contributed by atoms with E-state index in [1.165, 1.54) is 0 Å². The third-order valence-electron chi connectivity index (χ3n) is 2.22. The smallest absolute Gasteiger partial charge is 0.145 e. The summed E-state index contributed by atoms with van der Waals surface area (Å²) in [5.74, 6) is -0.294. The number of rotatable bonds is 0. The summed E-state index contributed by atoms with van der Waals surface area (Å²) in [6, 6.07) is 3.38. The Morgan fingerprint density at radius 2 is 2.17 bits per heavy atom. The first-order valence-electron chi connectivity index (χ1n) is 3.81. The number of hydrogen-bond acceptors (Lipinski definition) is 0. The van der Waals surface area contributed by atoms with Gasteiger partial charge in [-0.05, 0) is 30.0 Å². The third-order valence-corrected chi connectivity index (χ3v) is 2.96. The molecule has 1 atom stereocenters. The van der Waals surface area contributed by atoms with Gasteiger partial charge in [-0.15, -0.1) is 11.6 Å². The molecule has 0 amide bonds. The maximum atomic E-state index is 13.3. The van der Waals surface area contributed by atoms with Crippen molar-refractivity contribution in [2.45, 2.75) is 18.2 Å². The van der Waals surface area contributed by atoms with E-state index in [4.69, 9.17) is 23.2 Å². The summed E-state index contributed by atoms with van der Waals surface area (Å²) in [6.45, 7) is 0. The summed E-state index contributed by atoms with van der Waals surface area (Å²) in [5.41, 5.74) is 1.60. The van der Waals surface area contributed by atoms with Crippen LogP contribution in [-0.2, 0) is 6.42 Å². The summed E-state index contributed by atoms with van der Waals surface area (Å²) in [6.07, 6.45) is 1.52. The Labute approximate surface area is 80.3 Å². The summed E-state index contributed by atoms with van der Waals surface area (Å²) in [5, 5.41) is 0.159. The molecule has 64 valence electrons. The standard InChI is InChI=1S/C9H7Cl2F/c10-7-3-2-6-5(7)1-4-8(11)9(6)12/h1,4,7H,2-3H2. The molecule has 0 aliphatic heterocycles. The van der Waals surface area contributed by atoms with Gasteiger partial charge in [-0.2, -0.15) is 0 Å². The van der Waals surface area contributed by atoms with Crippen molar-refractivity contribution in [3.8, 4) is 0 Å². The van der Waals surface area contributed by atoms with Crippen molar-refractivity contribution >= 4 is 23.2 Å². The molecule has 1 aliphatic carbocycles. The van der Waals surface area contributed by atoms with E-state index in [-0.39, 0.29) is 16.2 Å². The highest BCUT2D eigenvalue weighted by molar-refractivity contribution is 6.31. The fraction of sp³-hybridized carbons (Fsp3) is 0.333. The molecule has 1 unspecified atom stereocenters. The quantitative estimate of drug-likeness (QED) is 0.566. The fourth-order valence-corrected chi connectivity index (χ4v) is 2.07. The Hall–Kier alpha value is -0.270. The van der Waals surface area contributed by atoms with E-state index in [0.717, 1.165) is 12.0 Å². The number of hydrogen-bond donors (Lipinski definition) is 0. The highest BCUT2D eigenvalue weighted by Gasteiger charge is 2.24. The molecule has 12 heavy (non-hydrogen) atoms. The molecule has 0 saturated heterocycles. The van der Waals surface area contributed by atoms with Crippen molar-refractivity contribution in [3.63, 3.8) is 0 Å². The van der Waals surface area contributed by atoms with E-state index in [9.17, 15) is 4.39 Å². The molecule has 0 fully saturated rings. The van der Waals surface area contributed by atoms with Crippen LogP contribution >= 0.6 is 23.2 Å². The van der Waals surface area contributed by atoms with Crippen LogP contribution in [0.1, 0.15) is 22.9 Å². The zero-order chi connectivity index (χ0) is 8.72. The van der Waals surface area contributed by atoms with E-state index < -0.39 is 0 Å². The minimum Gasteiger partial charge on any atom is -0.205 e. The summed E-state index contributed by atoms with van der Waals surface area (Å²) in [4.78, 5) is 0. The SMILES string of the molecule is Fc1c(Cl)ccc2c1CCC2Cl. The predicted octanol–water partition coefficient (Wildman–Crippen LogP) is 3.71. The Bertz CT molecular complexity index is 323. The number of halogens is 3. The first-order valence-corrected chi connectivity index (χ1v) is 4.62. The average Bonchev–Trinajstić information content (AvgIpc) is 2.41. The van der Waals surface area contributed by atoms with Crippen molar-refractivity contribution in [1.82, 2.24) is 0 Å². The minimum atomic E-state index is -0.294. The molecule has 0 aromatic heterocycles. The summed E-state index contributed by atoms with van der Waals surface area (Å²) >= 11 is 11.6. The van der Waals surface area contributed by atoms with Crippen LogP contribution in [0.2, 0.25) is 5.02 Å². The largest absolute Gasteiger partial charge is 0.205 e. The Morgan fingerprint density at radius 3 is 2.92 bits per heavy atom. The zero-order valence-corrected chi connectivity index (χ0v) is 7.79. The number of benzene rings is 1. The maximum Gasteiger partial charge on any atom is 0.145 e. The summed E-state index contributed by atoms with van der Waals surface area (Å²) < 4.78 is 13.3. The van der Waals surface area contributed by atoms with Crippen molar-refractivity contribution in [2.75, 3.05) is 0 Å². The molecule has 0 bridgehead atoms. The van der Waals surface area contributed by atoms with E-state index >= 15 is 0 Å². The second-order valence-corrected chi connectivity index (χ2v) is 3.87. The van der Waals surface area contributed by atoms with Crippen LogP contribution in [0.25, 0.3) is 0 Å². The fourth-order valence-electron chi connectivity index (χ4n) is 1.58. The van der Waals surface area contributed by atoms with Crippen LogP contribution in [0, 0.1) is 5.82 Å². The van der Waals surface area contributed by atoms with Crippen molar-refractivity contribution in [1.29, 1.82) is 0 Å². The van der Waals surface area contributed by atoms with Crippen molar-refractivity contribution < 1.29 is 4.39 Å². The molecule has 1 aromatic carbocycles. The van der Waals surface area contributed by atoms with E-state index in [1.54, 1.807) is 6.07 Å². The van der Waals surface area contributed by atoms with Crippen LogP contribution in [0.15, 0.2) is 12.1 Å². The first kappa shape index (κ1) is 8.33. The molecule has 3 heteroatoms. The van der Waals surface area contributed by atoms with Crippen LogP contribution in [-0.4, -0.2) is 0 Å². The molecule has 1 aromatic rings. The third kappa shape index (κ3) is 1.12.